The van der Waals surface area contributed by atoms with Crippen LogP contribution in [0, 0.1) is 29.7 Å². The maximum atomic E-state index is 0. The van der Waals surface area contributed by atoms with E-state index in [1.807, 2.05) is 0 Å². The Morgan fingerprint density at radius 3 is 0.400 bits per heavy atom. The second-order valence-corrected chi connectivity index (χ2v) is 0. The first-order chi connectivity index (χ1) is 0. The molecule has 5 heavy (non-hydrogen) atoms. The summed E-state index contributed by atoms with van der Waals surface area (Å²) < 4.78 is 0. The van der Waals surface area contributed by atoms with E-state index in [4.69, 9.17) is 0 Å². The summed E-state index contributed by atoms with van der Waals surface area (Å²) in [5.74, 6) is 0. The fourth-order valence-electron chi connectivity index (χ4n) is 0. The van der Waals surface area contributed by atoms with E-state index in [-0.39, 0.29) is 51.4 Å². The molecule has 0 amide bonds. The zero-order valence-electron chi connectivity index (χ0n) is 4.50. The molecule has 0 saturated heterocycles. The summed E-state index contributed by atoms with van der Waals surface area (Å²) >= 11 is 0. The van der Waals surface area contributed by atoms with Gasteiger partial charge in [0.05, 0.1) is 0 Å². The van der Waals surface area contributed by atoms with Crippen molar-refractivity contribution in [3.05, 3.63) is 29.7 Å². The largest absolute Gasteiger partial charge is 0.358 e. The molecule has 0 bridgehead atoms. The molecule has 0 radical (unpaired) electrons. The van der Waals surface area contributed by atoms with Crippen molar-refractivity contribution >= 4 is 0 Å². The van der Waals surface area contributed by atoms with E-state index in [1.165, 1.54) is 0 Å². The summed E-state index contributed by atoms with van der Waals surface area (Å²) in [6, 6.07) is 0. The predicted octanol–water partition coefficient (Wildman–Crippen LogP) is 1.80. The molecule has 0 aromatic carbocycles. The maximum Gasteiger partial charge on any atom is 0 e. The monoisotopic (exact) mass is 108 g/mol. The second kappa shape index (κ2) is 127. The van der Waals surface area contributed by atoms with E-state index in [0.29, 0.717) is 0 Å². The Kier molecular flexibility index (Phi) is 6350. The summed E-state index contributed by atoms with van der Waals surface area (Å²) in [5, 5.41) is 0. The first-order valence-corrected chi connectivity index (χ1v) is 0. The zero-order valence-corrected chi connectivity index (χ0v) is 6.06. The fourth-order valence-corrected chi connectivity index (χ4v) is 0. The molecular weight excluding hydrogens is 95.9 g/mol. The van der Waals surface area contributed by atoms with Gasteiger partial charge in [-0.25, -0.2) is 0 Å². The van der Waals surface area contributed by atoms with E-state index in [9.17, 15) is 0 Å². The van der Waals surface area contributed by atoms with Gasteiger partial charge in [0, 0.05) is 21.7 Å². The third-order valence-electron chi connectivity index (χ3n) is 0. The van der Waals surface area contributed by atoms with Gasteiger partial charge in [0.25, 0.3) is 0 Å². The first kappa shape index (κ1) is 249. The molecule has 0 aliphatic heterocycles. The molecule has 0 atom stereocenters. The average molecular weight is 108 g/mol. The molecule has 36 valence electrons. The van der Waals surface area contributed by atoms with Crippen LogP contribution in [0.1, 0.15) is 0 Å². The van der Waals surface area contributed by atoms with Crippen LogP contribution in [0.25, 0.3) is 0 Å². The Balaban J connectivity index is 0. The van der Waals surface area contributed by atoms with Crippen molar-refractivity contribution in [1.29, 1.82) is 0 Å². The van der Waals surface area contributed by atoms with Crippen molar-refractivity contribution in [2.45, 2.75) is 0 Å². The fraction of sp³-hybridized carbons (Fsp3) is 0. The van der Waals surface area contributed by atoms with E-state index in [0.717, 1.165) is 0 Å². The van der Waals surface area contributed by atoms with Crippen LogP contribution in [0.2, 0.25) is 0 Å². The van der Waals surface area contributed by atoms with E-state index < -0.39 is 0 Å². The Bertz CT molecular complexity index is 3.61. The normalized spacial score (nSPS) is 0. The van der Waals surface area contributed by atoms with Crippen LogP contribution in [0.4, 0.5) is 0 Å². The molecule has 0 aromatic rings. The van der Waals surface area contributed by atoms with E-state index in [1.54, 1.807) is 0 Å². The van der Waals surface area contributed by atoms with Crippen LogP contribution >= 0.6 is 0 Å². The minimum atomic E-state index is 0. The Morgan fingerprint density at radius 2 is 0.400 bits per heavy atom. The van der Waals surface area contributed by atoms with Crippen molar-refractivity contribution in [2.24, 2.45) is 0 Å². The molecule has 0 aliphatic carbocycles. The van der Waals surface area contributed by atoms with Crippen molar-refractivity contribution in [1.82, 2.24) is 0 Å². The van der Waals surface area contributed by atoms with E-state index in [2.05, 4.69) is 0 Å². The molecule has 0 rings (SSSR count). The summed E-state index contributed by atoms with van der Waals surface area (Å²) in [6.07, 6.45) is 0. The van der Waals surface area contributed by atoms with Crippen LogP contribution in [0.5, 0.6) is 0 Å². The topological polar surface area (TPSA) is 0 Å². The van der Waals surface area contributed by atoms with Crippen LogP contribution in [-0.2, 0) is 21.7 Å². The van der Waals surface area contributed by atoms with Gasteiger partial charge >= 0.3 is 0 Å². The molecular formula is C4H12Ti-4. The number of hydrogen-bond acceptors (Lipinski definition) is 0. The summed E-state index contributed by atoms with van der Waals surface area (Å²) in [5.41, 5.74) is 0. The predicted molar refractivity (Wildman–Crippen MR) is 25.7 cm³/mol. The maximum absolute atomic E-state index is 0. The molecule has 0 nitrogen and oxygen atoms in total. The quantitative estimate of drug-likeness (QED) is 0.328. The molecule has 0 saturated carbocycles. The van der Waals surface area contributed by atoms with Gasteiger partial charge in [-0.2, -0.15) is 0 Å². The van der Waals surface area contributed by atoms with Crippen molar-refractivity contribution in [2.75, 3.05) is 0 Å². The van der Waals surface area contributed by atoms with Gasteiger partial charge in [-0.1, -0.05) is 0 Å². The second-order valence-electron chi connectivity index (χ2n) is 0. The number of rotatable bonds is 0. The summed E-state index contributed by atoms with van der Waals surface area (Å²) in [7, 11) is 0. The van der Waals surface area contributed by atoms with Gasteiger partial charge in [-0.05, 0) is 0 Å². The molecule has 0 fully saturated rings. The van der Waals surface area contributed by atoms with Crippen molar-refractivity contribution in [3.8, 4) is 0 Å². The third-order valence-corrected chi connectivity index (χ3v) is 0. The van der Waals surface area contributed by atoms with Crippen molar-refractivity contribution < 1.29 is 21.7 Å². The minimum absolute atomic E-state index is 0. The SMILES string of the molecule is [CH3-].[CH3-].[CH3-].[CH3-].[Ti]. The van der Waals surface area contributed by atoms with Gasteiger partial charge in [-0.15, -0.1) is 0 Å². The first-order valence-electron chi connectivity index (χ1n) is 0. The van der Waals surface area contributed by atoms with E-state index >= 15 is 0 Å². The van der Waals surface area contributed by atoms with Crippen LogP contribution in [-0.4, -0.2) is 0 Å². The molecule has 1 heteroatoms. The Hall–Kier alpha value is 0.714. The van der Waals surface area contributed by atoms with Gasteiger partial charge in [-0.3, -0.25) is 0 Å². The minimum Gasteiger partial charge on any atom is -0.358 e. The standard InChI is InChI=1S/4CH3.Ti/h4*1H3;/q4*-1;. The van der Waals surface area contributed by atoms with Crippen LogP contribution in [0.3, 0.4) is 0 Å². The third kappa shape index (κ3) is 68.1. The van der Waals surface area contributed by atoms with Crippen molar-refractivity contribution in [3.63, 3.8) is 0 Å². The Morgan fingerprint density at radius 1 is 0.400 bits per heavy atom. The Labute approximate surface area is 51.9 Å². The van der Waals surface area contributed by atoms with Gasteiger partial charge in [0.2, 0.25) is 0 Å². The molecule has 0 spiro atoms. The summed E-state index contributed by atoms with van der Waals surface area (Å²) in [4.78, 5) is 0. The average Bonchev–Trinajstić information content (AvgIpc) is 0. The molecule has 0 heterocycles. The van der Waals surface area contributed by atoms with Gasteiger partial charge in [0.15, 0.2) is 0 Å². The molecule has 0 aliphatic rings. The summed E-state index contributed by atoms with van der Waals surface area (Å²) in [6.45, 7) is 0. The number of hydrogen-bond donors (Lipinski definition) is 0. The smallest absolute Gasteiger partial charge is 0 e. The zero-order chi connectivity index (χ0) is 0. The van der Waals surface area contributed by atoms with Gasteiger partial charge < -0.3 is 29.7 Å². The molecule has 0 unspecified atom stereocenters. The molecule has 0 aromatic heterocycles. The van der Waals surface area contributed by atoms with Crippen LogP contribution in [0.15, 0.2) is 0 Å². The van der Waals surface area contributed by atoms with Gasteiger partial charge in [0.1, 0.15) is 0 Å². The van der Waals surface area contributed by atoms with Crippen LogP contribution < -0.4 is 0 Å². The molecule has 0 N–H and O–H groups in total.